The van der Waals surface area contributed by atoms with Crippen molar-refractivity contribution in [3.63, 3.8) is 0 Å². The molecule has 0 aliphatic heterocycles. The zero-order valence-corrected chi connectivity index (χ0v) is 8.29. The van der Waals surface area contributed by atoms with Crippen molar-refractivity contribution >= 4 is 0 Å². The second-order valence-corrected chi connectivity index (χ2v) is 3.76. The van der Waals surface area contributed by atoms with Crippen LogP contribution in [0.3, 0.4) is 0 Å². The first kappa shape index (κ1) is 11.9. The second-order valence-electron chi connectivity index (χ2n) is 3.76. The number of hydrogen-bond acceptors (Lipinski definition) is 3. The van der Waals surface area contributed by atoms with Crippen LogP contribution in [0.1, 0.15) is 39.5 Å². The van der Waals surface area contributed by atoms with Gasteiger partial charge in [0.2, 0.25) is 0 Å². The highest BCUT2D eigenvalue weighted by molar-refractivity contribution is 4.73. The van der Waals surface area contributed by atoms with Gasteiger partial charge in [-0.25, -0.2) is 0 Å². The summed E-state index contributed by atoms with van der Waals surface area (Å²) in [5, 5.41) is 0. The summed E-state index contributed by atoms with van der Waals surface area (Å²) in [7, 11) is 0. The van der Waals surface area contributed by atoms with Gasteiger partial charge in [-0.15, -0.1) is 0 Å². The number of nitrogens with two attached hydrogens (primary N) is 3. The Morgan fingerprint density at radius 1 is 1.00 bits per heavy atom. The zero-order chi connectivity index (χ0) is 9.56. The van der Waals surface area contributed by atoms with Crippen LogP contribution in [0.4, 0.5) is 0 Å². The average molecular weight is 173 g/mol. The van der Waals surface area contributed by atoms with Crippen molar-refractivity contribution in [3.8, 4) is 0 Å². The van der Waals surface area contributed by atoms with Gasteiger partial charge < -0.3 is 17.2 Å². The molecule has 0 aliphatic rings. The molecule has 0 bridgehead atoms. The van der Waals surface area contributed by atoms with Crippen molar-refractivity contribution in [3.05, 3.63) is 0 Å². The molecule has 3 atom stereocenters. The van der Waals surface area contributed by atoms with Crippen LogP contribution >= 0.6 is 0 Å². The van der Waals surface area contributed by atoms with E-state index in [1.807, 2.05) is 6.92 Å². The predicted octanol–water partition coefficient (Wildman–Crippen LogP) is 0.569. The Morgan fingerprint density at radius 2 is 1.58 bits per heavy atom. The molecule has 0 fully saturated rings. The van der Waals surface area contributed by atoms with E-state index >= 15 is 0 Å². The lowest BCUT2D eigenvalue weighted by molar-refractivity contribution is 0.451. The molecule has 0 radical (unpaired) electrons. The maximum Gasteiger partial charge on any atom is 0.00681 e. The lowest BCUT2D eigenvalue weighted by Gasteiger charge is -2.18. The van der Waals surface area contributed by atoms with Gasteiger partial charge in [-0.1, -0.05) is 13.3 Å². The zero-order valence-electron chi connectivity index (χ0n) is 8.29. The Bertz CT molecular complexity index is 104. The largest absolute Gasteiger partial charge is 0.328 e. The Balaban J connectivity index is 3.46. The third-order valence-electron chi connectivity index (χ3n) is 1.94. The summed E-state index contributed by atoms with van der Waals surface area (Å²) in [6.07, 6.45) is 3.96. The van der Waals surface area contributed by atoms with Crippen LogP contribution in [0.2, 0.25) is 0 Å². The maximum absolute atomic E-state index is 5.85. The summed E-state index contributed by atoms with van der Waals surface area (Å²) in [4.78, 5) is 0. The van der Waals surface area contributed by atoms with Crippen molar-refractivity contribution in [1.29, 1.82) is 0 Å². The van der Waals surface area contributed by atoms with Gasteiger partial charge in [-0.2, -0.15) is 0 Å². The van der Waals surface area contributed by atoms with E-state index in [0.29, 0.717) is 0 Å². The minimum atomic E-state index is 0.173. The van der Waals surface area contributed by atoms with Crippen LogP contribution in [0, 0.1) is 0 Å². The molecule has 0 saturated heterocycles. The number of rotatable bonds is 6. The topological polar surface area (TPSA) is 78.1 Å². The second kappa shape index (κ2) is 6.40. The van der Waals surface area contributed by atoms with Gasteiger partial charge in [0.05, 0.1) is 0 Å². The van der Waals surface area contributed by atoms with E-state index in [1.165, 1.54) is 0 Å². The maximum atomic E-state index is 5.85. The van der Waals surface area contributed by atoms with Gasteiger partial charge in [-0.05, 0) is 26.2 Å². The summed E-state index contributed by atoms with van der Waals surface area (Å²) < 4.78 is 0. The molecule has 12 heavy (non-hydrogen) atoms. The molecule has 0 aromatic carbocycles. The fourth-order valence-electron chi connectivity index (χ4n) is 1.45. The lowest BCUT2D eigenvalue weighted by atomic mass is 10.00. The minimum Gasteiger partial charge on any atom is -0.328 e. The first-order valence-electron chi connectivity index (χ1n) is 4.83. The van der Waals surface area contributed by atoms with E-state index in [2.05, 4.69) is 6.92 Å². The molecule has 0 aromatic rings. The molecule has 0 heterocycles. The molecule has 0 amide bonds. The van der Waals surface area contributed by atoms with Crippen LogP contribution in [0.15, 0.2) is 0 Å². The van der Waals surface area contributed by atoms with E-state index < -0.39 is 0 Å². The van der Waals surface area contributed by atoms with E-state index in [-0.39, 0.29) is 18.1 Å². The highest BCUT2D eigenvalue weighted by Gasteiger charge is 2.10. The van der Waals surface area contributed by atoms with Crippen molar-refractivity contribution in [2.45, 2.75) is 57.7 Å². The standard InChI is InChI=1S/C9H23N3/c1-3-4-8(11)6-9(12)5-7(2)10/h7-9H,3-6,10-12H2,1-2H3. The van der Waals surface area contributed by atoms with Gasteiger partial charge in [0.1, 0.15) is 0 Å². The molecule has 0 aromatic heterocycles. The van der Waals surface area contributed by atoms with Crippen molar-refractivity contribution in [2.24, 2.45) is 17.2 Å². The fourth-order valence-corrected chi connectivity index (χ4v) is 1.45. The molecular formula is C9H23N3. The summed E-state index contributed by atoms with van der Waals surface area (Å²) in [5.74, 6) is 0. The third kappa shape index (κ3) is 6.58. The van der Waals surface area contributed by atoms with Gasteiger partial charge in [-0.3, -0.25) is 0 Å². The van der Waals surface area contributed by atoms with Crippen LogP contribution < -0.4 is 17.2 Å². The molecule has 3 nitrogen and oxygen atoms in total. The molecule has 3 unspecified atom stereocenters. The molecule has 74 valence electrons. The van der Waals surface area contributed by atoms with Crippen LogP contribution in [-0.2, 0) is 0 Å². The van der Waals surface area contributed by atoms with E-state index in [1.54, 1.807) is 0 Å². The van der Waals surface area contributed by atoms with E-state index in [4.69, 9.17) is 17.2 Å². The minimum absolute atomic E-state index is 0.173. The molecule has 0 spiro atoms. The van der Waals surface area contributed by atoms with E-state index in [0.717, 1.165) is 25.7 Å². The highest BCUT2D eigenvalue weighted by Crippen LogP contribution is 2.04. The first-order valence-corrected chi connectivity index (χ1v) is 4.83. The average Bonchev–Trinajstić information content (AvgIpc) is 1.84. The lowest BCUT2D eigenvalue weighted by Crippen LogP contribution is -2.35. The summed E-state index contributed by atoms with van der Waals surface area (Å²) in [5.41, 5.74) is 17.3. The summed E-state index contributed by atoms with van der Waals surface area (Å²) in [6, 6.07) is 0.615. The highest BCUT2D eigenvalue weighted by atomic mass is 14.7. The summed E-state index contributed by atoms with van der Waals surface area (Å²) in [6.45, 7) is 4.11. The summed E-state index contributed by atoms with van der Waals surface area (Å²) >= 11 is 0. The first-order chi connectivity index (χ1) is 5.56. The number of hydrogen-bond donors (Lipinski definition) is 3. The molecule has 3 heteroatoms. The molecule has 0 rings (SSSR count). The Kier molecular flexibility index (Phi) is 6.34. The van der Waals surface area contributed by atoms with Gasteiger partial charge >= 0.3 is 0 Å². The van der Waals surface area contributed by atoms with Gasteiger partial charge in [0.15, 0.2) is 0 Å². The third-order valence-corrected chi connectivity index (χ3v) is 1.94. The molecule has 0 saturated carbocycles. The molecular weight excluding hydrogens is 150 g/mol. The van der Waals surface area contributed by atoms with Gasteiger partial charge in [0.25, 0.3) is 0 Å². The molecule has 0 aliphatic carbocycles. The predicted molar refractivity (Wildman–Crippen MR) is 53.7 cm³/mol. The normalized spacial score (nSPS) is 18.8. The van der Waals surface area contributed by atoms with Gasteiger partial charge in [0, 0.05) is 18.1 Å². The Hall–Kier alpha value is -0.120. The Labute approximate surface area is 75.7 Å². The fraction of sp³-hybridized carbons (Fsp3) is 1.00. The monoisotopic (exact) mass is 173 g/mol. The van der Waals surface area contributed by atoms with E-state index in [9.17, 15) is 0 Å². The van der Waals surface area contributed by atoms with Crippen LogP contribution in [-0.4, -0.2) is 18.1 Å². The van der Waals surface area contributed by atoms with Crippen molar-refractivity contribution in [1.82, 2.24) is 0 Å². The molecule has 6 N–H and O–H groups in total. The SMILES string of the molecule is CCCC(N)CC(N)CC(C)N. The van der Waals surface area contributed by atoms with Crippen LogP contribution in [0.5, 0.6) is 0 Å². The van der Waals surface area contributed by atoms with Crippen molar-refractivity contribution in [2.75, 3.05) is 0 Å². The van der Waals surface area contributed by atoms with Crippen molar-refractivity contribution < 1.29 is 0 Å². The van der Waals surface area contributed by atoms with Crippen LogP contribution in [0.25, 0.3) is 0 Å². The Morgan fingerprint density at radius 3 is 2.00 bits per heavy atom. The smallest absolute Gasteiger partial charge is 0.00681 e. The quantitative estimate of drug-likeness (QED) is 0.549.